The van der Waals surface area contributed by atoms with E-state index >= 15 is 0 Å². The first-order valence-corrected chi connectivity index (χ1v) is 19.7. The Morgan fingerprint density at radius 2 is 0.587 bits per heavy atom. The number of hydrogen-bond acceptors (Lipinski definition) is 0. The summed E-state index contributed by atoms with van der Waals surface area (Å²) in [7, 11) is 12.3. The van der Waals surface area contributed by atoms with Gasteiger partial charge in [-0.05, 0) is 31.8 Å². The third-order valence-corrected chi connectivity index (χ3v) is 10.3. The third kappa shape index (κ3) is 36.3. The Kier molecular flexibility index (Phi) is 42.0. The molecule has 0 aromatic rings. The normalized spacial score (nSPS) is 11.9. The number of halogens is 3. The lowest BCUT2D eigenvalue weighted by molar-refractivity contribution is -0.974. The van der Waals surface area contributed by atoms with Crippen LogP contribution in [0.25, 0.3) is 0 Å². The number of quaternary nitrogens is 3. The Bertz CT molecular complexity index is 569. The minimum absolute atomic E-state index is 0. The molecule has 0 aromatic heterocycles. The van der Waals surface area contributed by atoms with Crippen molar-refractivity contribution in [1.82, 2.24) is 0 Å². The van der Waals surface area contributed by atoms with Gasteiger partial charge in [-0.1, -0.05) is 149 Å². The van der Waals surface area contributed by atoms with Gasteiger partial charge in [0, 0.05) is 0 Å². The highest BCUT2D eigenvalue weighted by Crippen LogP contribution is 2.16. The second kappa shape index (κ2) is 35.9. The number of unbranched alkanes of at least 4 members (excludes halogenated alkanes) is 22. The average Bonchev–Trinajstić information content (AvgIpc) is 2.96. The molecule has 0 aliphatic heterocycles. The van der Waals surface area contributed by atoms with Crippen LogP contribution in [0.15, 0.2) is 12.7 Å². The second-order valence-electron chi connectivity index (χ2n) is 16.1. The molecule has 282 valence electrons. The van der Waals surface area contributed by atoms with Crippen LogP contribution in [-0.4, -0.2) is 94.5 Å². The Hall–Kier alpha value is 1.06. The monoisotopic (exact) mass is 845 g/mol. The molecule has 0 aromatic carbocycles. The van der Waals surface area contributed by atoms with Gasteiger partial charge >= 0.3 is 0 Å². The molecule has 0 rings (SSSR count). The van der Waals surface area contributed by atoms with Crippen molar-refractivity contribution < 1.29 is 64.4 Å². The standard InChI is InChI=1S/C40H86N3.3BrH/c1-9-12-14-16-18-20-22-24-26-28-30-32-35-41(4,5)37-39-43(8,34-11-3)40-38-42(6,7)36-33-31-29-27-25-23-21-19-17-15-13-10-2;;;/h11H,3,9-10,12-40H2,1-2,4-8H3;3*1H/q+3;;;/p-3. The van der Waals surface area contributed by atoms with Gasteiger partial charge in [-0.2, -0.15) is 0 Å². The molecule has 0 saturated carbocycles. The van der Waals surface area contributed by atoms with Crippen molar-refractivity contribution in [3.8, 4) is 0 Å². The molecular formula is C40H86Br3N3. The first kappa shape index (κ1) is 53.8. The van der Waals surface area contributed by atoms with Crippen molar-refractivity contribution in [3.05, 3.63) is 12.7 Å². The van der Waals surface area contributed by atoms with Crippen LogP contribution in [0.3, 0.4) is 0 Å². The van der Waals surface area contributed by atoms with E-state index in [1.54, 1.807) is 0 Å². The fraction of sp³-hybridized carbons (Fsp3) is 0.950. The maximum atomic E-state index is 4.14. The SMILES string of the molecule is C=CC[N+](C)(CC[N+](C)(C)CCCCCCCCCCCCCC)CC[N+](C)(C)CCCCCCCCCCCCCC.[Br-].[Br-].[Br-]. The average molecular weight is 849 g/mol. The molecule has 0 radical (unpaired) electrons. The molecule has 0 amide bonds. The summed E-state index contributed by atoms with van der Waals surface area (Å²) in [5, 5.41) is 0. The van der Waals surface area contributed by atoms with Crippen LogP contribution in [-0.2, 0) is 0 Å². The minimum atomic E-state index is 0. The predicted octanol–water partition coefficient (Wildman–Crippen LogP) is 2.19. The lowest BCUT2D eigenvalue weighted by atomic mass is 10.1. The van der Waals surface area contributed by atoms with Crippen molar-refractivity contribution >= 4 is 0 Å². The van der Waals surface area contributed by atoms with Crippen molar-refractivity contribution in [2.24, 2.45) is 0 Å². The molecule has 0 atom stereocenters. The number of nitrogens with zero attached hydrogens (tertiary/aromatic N) is 3. The van der Waals surface area contributed by atoms with E-state index in [-0.39, 0.29) is 50.9 Å². The molecule has 46 heavy (non-hydrogen) atoms. The van der Waals surface area contributed by atoms with E-state index in [0.29, 0.717) is 0 Å². The first-order chi connectivity index (χ1) is 20.6. The van der Waals surface area contributed by atoms with E-state index in [1.807, 2.05) is 0 Å². The van der Waals surface area contributed by atoms with E-state index in [4.69, 9.17) is 0 Å². The number of hydrogen-bond donors (Lipinski definition) is 0. The number of rotatable bonds is 34. The van der Waals surface area contributed by atoms with Gasteiger partial charge in [0.25, 0.3) is 0 Å². The van der Waals surface area contributed by atoms with E-state index < -0.39 is 0 Å². The summed E-state index contributed by atoms with van der Waals surface area (Å²) in [5.74, 6) is 0. The molecule has 0 spiro atoms. The summed E-state index contributed by atoms with van der Waals surface area (Å²) in [4.78, 5) is 0. The van der Waals surface area contributed by atoms with Gasteiger partial charge in [0.05, 0.1) is 54.9 Å². The maximum absolute atomic E-state index is 4.14. The van der Waals surface area contributed by atoms with Crippen LogP contribution in [0.1, 0.15) is 168 Å². The Morgan fingerprint density at radius 3 is 0.826 bits per heavy atom. The van der Waals surface area contributed by atoms with Crippen LogP contribution in [0.5, 0.6) is 0 Å². The zero-order valence-corrected chi connectivity index (χ0v) is 37.4. The smallest absolute Gasteiger partial charge is 0.129 e. The topological polar surface area (TPSA) is 0 Å². The van der Waals surface area contributed by atoms with E-state index in [9.17, 15) is 0 Å². The van der Waals surface area contributed by atoms with Crippen molar-refractivity contribution in [2.45, 2.75) is 168 Å². The van der Waals surface area contributed by atoms with Crippen LogP contribution in [0, 0.1) is 0 Å². The van der Waals surface area contributed by atoms with Gasteiger partial charge in [0.2, 0.25) is 0 Å². The van der Waals surface area contributed by atoms with Crippen LogP contribution in [0.2, 0.25) is 0 Å². The van der Waals surface area contributed by atoms with Gasteiger partial charge in [-0.3, -0.25) is 0 Å². The lowest BCUT2D eigenvalue weighted by Crippen LogP contribution is -3.00. The van der Waals surface area contributed by atoms with E-state index in [0.717, 1.165) is 11.0 Å². The van der Waals surface area contributed by atoms with Gasteiger partial charge in [-0.25, -0.2) is 0 Å². The summed E-state index contributed by atoms with van der Waals surface area (Å²) in [6, 6.07) is 0. The lowest BCUT2D eigenvalue weighted by Gasteiger charge is -2.40. The fourth-order valence-electron chi connectivity index (χ4n) is 6.62. The Balaban J connectivity index is -0.00000294. The molecule has 3 nitrogen and oxygen atoms in total. The van der Waals surface area contributed by atoms with Gasteiger partial charge in [0.1, 0.15) is 26.2 Å². The van der Waals surface area contributed by atoms with Crippen molar-refractivity contribution in [2.75, 3.05) is 81.1 Å². The van der Waals surface area contributed by atoms with Crippen molar-refractivity contribution in [3.63, 3.8) is 0 Å². The van der Waals surface area contributed by atoms with E-state index in [1.165, 1.54) is 202 Å². The third-order valence-electron chi connectivity index (χ3n) is 10.3. The molecule has 0 fully saturated rings. The maximum Gasteiger partial charge on any atom is 0.129 e. The van der Waals surface area contributed by atoms with Crippen LogP contribution in [0.4, 0.5) is 0 Å². The Morgan fingerprint density at radius 1 is 0.348 bits per heavy atom. The highest BCUT2D eigenvalue weighted by molar-refractivity contribution is 4.65. The minimum Gasteiger partial charge on any atom is -1.00 e. The molecule has 0 heterocycles. The zero-order valence-electron chi connectivity index (χ0n) is 32.7. The molecule has 0 bridgehead atoms. The Labute approximate surface area is 324 Å². The van der Waals surface area contributed by atoms with E-state index in [2.05, 4.69) is 61.7 Å². The molecule has 0 aliphatic rings. The van der Waals surface area contributed by atoms with Crippen LogP contribution >= 0.6 is 0 Å². The molecule has 0 N–H and O–H groups in total. The van der Waals surface area contributed by atoms with Crippen molar-refractivity contribution in [1.29, 1.82) is 0 Å². The van der Waals surface area contributed by atoms with Gasteiger partial charge in [-0.15, -0.1) is 0 Å². The highest BCUT2D eigenvalue weighted by atomic mass is 79.9. The molecular weight excluding hydrogens is 762 g/mol. The quantitative estimate of drug-likeness (QED) is 0.0530. The zero-order chi connectivity index (χ0) is 32.1. The summed E-state index contributed by atoms with van der Waals surface area (Å²) in [5.41, 5.74) is 0. The largest absolute Gasteiger partial charge is 1.00 e. The molecule has 0 saturated heterocycles. The van der Waals surface area contributed by atoms with Crippen LogP contribution < -0.4 is 50.9 Å². The predicted molar refractivity (Wildman–Crippen MR) is 197 cm³/mol. The molecule has 0 unspecified atom stereocenters. The summed E-state index contributed by atoms with van der Waals surface area (Å²) in [6.07, 6.45) is 36.6. The van der Waals surface area contributed by atoms with Gasteiger partial charge in [0.15, 0.2) is 0 Å². The first-order valence-electron chi connectivity index (χ1n) is 19.7. The van der Waals surface area contributed by atoms with Gasteiger partial charge < -0.3 is 64.4 Å². The fourth-order valence-corrected chi connectivity index (χ4v) is 6.62. The second-order valence-corrected chi connectivity index (χ2v) is 16.1. The summed E-state index contributed by atoms with van der Waals surface area (Å²) in [6.45, 7) is 17.6. The molecule has 6 heteroatoms. The summed E-state index contributed by atoms with van der Waals surface area (Å²) < 4.78 is 3.48. The highest BCUT2D eigenvalue weighted by Gasteiger charge is 2.28. The number of likely N-dealkylation sites (N-methyl/N-ethyl adjacent to an activating group) is 3. The summed E-state index contributed by atoms with van der Waals surface area (Å²) >= 11 is 0. The molecule has 0 aliphatic carbocycles.